The normalized spacial score (nSPS) is 9.71. The molecule has 17 heavy (non-hydrogen) atoms. The summed E-state index contributed by atoms with van der Waals surface area (Å²) in [6, 6.07) is 3.25. The van der Waals surface area contributed by atoms with E-state index in [1.165, 1.54) is 26.2 Å². The predicted molar refractivity (Wildman–Crippen MR) is 64.1 cm³/mol. The van der Waals surface area contributed by atoms with E-state index >= 15 is 0 Å². The van der Waals surface area contributed by atoms with E-state index in [9.17, 15) is 4.79 Å². The van der Waals surface area contributed by atoms with E-state index in [0.717, 1.165) is 0 Å². The number of carbonyl (C=O) groups excluding carboxylic acids is 1. The summed E-state index contributed by atoms with van der Waals surface area (Å²) in [5.74, 6) is 1.34. The topological polar surface area (TPSA) is 48.0 Å². The van der Waals surface area contributed by atoms with Crippen LogP contribution in [0, 0.1) is 0 Å². The molecule has 0 aliphatic heterocycles. The Bertz CT molecular complexity index is 415. The highest BCUT2D eigenvalue weighted by molar-refractivity contribution is 5.97. The van der Waals surface area contributed by atoms with Gasteiger partial charge >= 0.3 is 0 Å². The van der Waals surface area contributed by atoms with Crippen molar-refractivity contribution in [2.24, 2.45) is 0 Å². The van der Waals surface area contributed by atoms with Crippen molar-refractivity contribution >= 4 is 5.91 Å². The highest BCUT2D eigenvalue weighted by Gasteiger charge is 2.18. The SMILES string of the molecule is COc1cc(OC)c(C(=O)N(C)C)cc1OC. The first-order valence-corrected chi connectivity index (χ1v) is 5.06. The Morgan fingerprint density at radius 2 is 1.41 bits per heavy atom. The molecule has 1 amide bonds. The molecular weight excluding hydrogens is 222 g/mol. The largest absolute Gasteiger partial charge is 0.496 e. The van der Waals surface area contributed by atoms with Crippen LogP contribution in [0.15, 0.2) is 12.1 Å². The minimum absolute atomic E-state index is 0.150. The summed E-state index contributed by atoms with van der Waals surface area (Å²) < 4.78 is 15.5. The number of nitrogens with zero attached hydrogens (tertiary/aromatic N) is 1. The second kappa shape index (κ2) is 5.43. The quantitative estimate of drug-likeness (QED) is 0.797. The van der Waals surface area contributed by atoms with Gasteiger partial charge in [0.15, 0.2) is 11.5 Å². The summed E-state index contributed by atoms with van der Waals surface area (Å²) in [6.07, 6.45) is 0. The second-order valence-corrected chi connectivity index (χ2v) is 3.61. The lowest BCUT2D eigenvalue weighted by Gasteiger charge is -2.16. The van der Waals surface area contributed by atoms with Crippen molar-refractivity contribution in [1.82, 2.24) is 4.90 Å². The molecule has 0 spiro atoms. The predicted octanol–water partition coefficient (Wildman–Crippen LogP) is 1.41. The Labute approximate surface area is 101 Å². The van der Waals surface area contributed by atoms with Crippen LogP contribution in [0.5, 0.6) is 17.2 Å². The smallest absolute Gasteiger partial charge is 0.257 e. The standard InChI is InChI=1S/C12H17NO4/c1-13(2)12(14)8-6-10(16-4)11(17-5)7-9(8)15-3/h6-7H,1-5H3. The number of amides is 1. The van der Waals surface area contributed by atoms with Crippen molar-refractivity contribution in [3.05, 3.63) is 17.7 Å². The van der Waals surface area contributed by atoms with Crippen LogP contribution in [-0.4, -0.2) is 46.2 Å². The lowest BCUT2D eigenvalue weighted by atomic mass is 10.1. The highest BCUT2D eigenvalue weighted by Crippen LogP contribution is 2.34. The summed E-state index contributed by atoms with van der Waals surface area (Å²) in [7, 11) is 7.92. The van der Waals surface area contributed by atoms with Crippen LogP contribution in [0.4, 0.5) is 0 Å². The number of hydrogen-bond acceptors (Lipinski definition) is 4. The van der Waals surface area contributed by atoms with E-state index in [-0.39, 0.29) is 5.91 Å². The third-order valence-electron chi connectivity index (χ3n) is 2.34. The maximum Gasteiger partial charge on any atom is 0.257 e. The average molecular weight is 239 g/mol. The van der Waals surface area contributed by atoms with Gasteiger partial charge in [-0.25, -0.2) is 0 Å². The van der Waals surface area contributed by atoms with Gasteiger partial charge in [-0.1, -0.05) is 0 Å². The van der Waals surface area contributed by atoms with Gasteiger partial charge in [-0.3, -0.25) is 4.79 Å². The monoisotopic (exact) mass is 239 g/mol. The zero-order valence-electron chi connectivity index (χ0n) is 10.7. The summed E-state index contributed by atoms with van der Waals surface area (Å²) in [5.41, 5.74) is 0.440. The van der Waals surface area contributed by atoms with E-state index in [4.69, 9.17) is 14.2 Å². The van der Waals surface area contributed by atoms with Crippen LogP contribution in [-0.2, 0) is 0 Å². The minimum atomic E-state index is -0.150. The van der Waals surface area contributed by atoms with Gasteiger partial charge in [0.1, 0.15) is 5.75 Å². The Kier molecular flexibility index (Phi) is 4.20. The molecule has 1 rings (SSSR count). The lowest BCUT2D eigenvalue weighted by Crippen LogP contribution is -2.22. The van der Waals surface area contributed by atoms with Crippen molar-refractivity contribution < 1.29 is 19.0 Å². The Morgan fingerprint density at radius 3 is 1.82 bits per heavy atom. The Balaban J connectivity index is 3.33. The third kappa shape index (κ3) is 2.61. The van der Waals surface area contributed by atoms with Crippen LogP contribution in [0.3, 0.4) is 0 Å². The van der Waals surface area contributed by atoms with Crippen molar-refractivity contribution in [3.8, 4) is 17.2 Å². The summed E-state index contributed by atoms with van der Waals surface area (Å²) in [5, 5.41) is 0. The number of benzene rings is 1. The molecule has 0 bridgehead atoms. The molecule has 0 N–H and O–H groups in total. The molecule has 0 saturated heterocycles. The average Bonchev–Trinajstić information content (AvgIpc) is 2.35. The van der Waals surface area contributed by atoms with Crippen molar-refractivity contribution in [3.63, 3.8) is 0 Å². The van der Waals surface area contributed by atoms with Crippen LogP contribution in [0.25, 0.3) is 0 Å². The van der Waals surface area contributed by atoms with Crippen molar-refractivity contribution in [2.45, 2.75) is 0 Å². The summed E-state index contributed by atoms with van der Waals surface area (Å²) in [4.78, 5) is 13.4. The molecule has 0 fully saturated rings. The molecule has 0 aliphatic carbocycles. The van der Waals surface area contributed by atoms with Gasteiger partial charge in [0.25, 0.3) is 5.91 Å². The van der Waals surface area contributed by atoms with Crippen LogP contribution in [0.2, 0.25) is 0 Å². The Hall–Kier alpha value is -1.91. The molecule has 0 heterocycles. The minimum Gasteiger partial charge on any atom is -0.496 e. The highest BCUT2D eigenvalue weighted by atomic mass is 16.5. The van der Waals surface area contributed by atoms with E-state index in [1.807, 2.05) is 0 Å². The zero-order chi connectivity index (χ0) is 13.0. The fourth-order valence-electron chi connectivity index (χ4n) is 1.44. The first-order valence-electron chi connectivity index (χ1n) is 5.06. The number of methoxy groups -OCH3 is 3. The van der Waals surface area contributed by atoms with E-state index < -0.39 is 0 Å². The summed E-state index contributed by atoms with van der Waals surface area (Å²) >= 11 is 0. The van der Waals surface area contributed by atoms with Crippen LogP contribution in [0.1, 0.15) is 10.4 Å². The Morgan fingerprint density at radius 1 is 0.941 bits per heavy atom. The molecule has 5 heteroatoms. The number of carbonyl (C=O) groups is 1. The molecule has 1 aromatic carbocycles. The fraction of sp³-hybridized carbons (Fsp3) is 0.417. The first-order chi connectivity index (χ1) is 8.04. The molecule has 94 valence electrons. The van der Waals surface area contributed by atoms with Gasteiger partial charge in [-0.2, -0.15) is 0 Å². The molecule has 0 radical (unpaired) electrons. The number of ether oxygens (including phenoxy) is 3. The maximum atomic E-state index is 11.9. The fourth-order valence-corrected chi connectivity index (χ4v) is 1.44. The van der Waals surface area contributed by atoms with Crippen LogP contribution >= 0.6 is 0 Å². The molecule has 0 atom stereocenters. The van der Waals surface area contributed by atoms with Crippen molar-refractivity contribution in [2.75, 3.05) is 35.4 Å². The summed E-state index contributed by atoms with van der Waals surface area (Å²) in [6.45, 7) is 0. The van der Waals surface area contributed by atoms with Crippen molar-refractivity contribution in [1.29, 1.82) is 0 Å². The molecule has 5 nitrogen and oxygen atoms in total. The van der Waals surface area contributed by atoms with Gasteiger partial charge < -0.3 is 19.1 Å². The van der Waals surface area contributed by atoms with E-state index in [2.05, 4.69) is 0 Å². The maximum absolute atomic E-state index is 11.9. The van der Waals surface area contributed by atoms with Gasteiger partial charge in [-0.05, 0) is 0 Å². The molecule has 0 saturated carbocycles. The number of rotatable bonds is 4. The molecular formula is C12H17NO4. The van der Waals surface area contributed by atoms with Gasteiger partial charge in [0.05, 0.1) is 26.9 Å². The van der Waals surface area contributed by atoms with E-state index in [1.54, 1.807) is 26.2 Å². The second-order valence-electron chi connectivity index (χ2n) is 3.61. The molecule has 0 unspecified atom stereocenters. The number of hydrogen-bond donors (Lipinski definition) is 0. The molecule has 0 aromatic heterocycles. The van der Waals surface area contributed by atoms with Gasteiger partial charge in [0, 0.05) is 26.2 Å². The third-order valence-corrected chi connectivity index (χ3v) is 2.34. The van der Waals surface area contributed by atoms with Gasteiger partial charge in [-0.15, -0.1) is 0 Å². The lowest BCUT2D eigenvalue weighted by molar-refractivity contribution is 0.0824. The zero-order valence-corrected chi connectivity index (χ0v) is 10.7. The molecule has 0 aliphatic rings. The molecule has 1 aromatic rings. The van der Waals surface area contributed by atoms with Gasteiger partial charge in [0.2, 0.25) is 0 Å². The first kappa shape index (κ1) is 13.2. The van der Waals surface area contributed by atoms with Crippen LogP contribution < -0.4 is 14.2 Å². The van der Waals surface area contributed by atoms with E-state index in [0.29, 0.717) is 22.8 Å².